The molecule has 0 spiro atoms. The molecule has 6 heteroatoms. The van der Waals surface area contributed by atoms with E-state index in [1.165, 1.54) is 0 Å². The third-order valence-electron chi connectivity index (χ3n) is 6.35. The highest BCUT2D eigenvalue weighted by Gasteiger charge is 2.46. The number of aliphatic hydroxyl groups is 1. The number of carbonyl (C=O) groups excluding carboxylic acids is 1. The van der Waals surface area contributed by atoms with Gasteiger partial charge in [0.15, 0.2) is 0 Å². The summed E-state index contributed by atoms with van der Waals surface area (Å²) in [5.41, 5.74) is 0.499. The second-order valence-electron chi connectivity index (χ2n) is 8.05. The summed E-state index contributed by atoms with van der Waals surface area (Å²) in [4.78, 5) is 19.0. The molecule has 3 fully saturated rings. The van der Waals surface area contributed by atoms with Crippen LogP contribution in [-0.4, -0.2) is 70.7 Å². The lowest BCUT2D eigenvalue weighted by molar-refractivity contribution is -0.108. The second-order valence-corrected chi connectivity index (χ2v) is 8.46. The van der Waals surface area contributed by atoms with E-state index in [1.807, 2.05) is 28.0 Å². The maximum absolute atomic E-state index is 12.7. The van der Waals surface area contributed by atoms with Crippen molar-refractivity contribution in [3.05, 3.63) is 34.9 Å². The highest BCUT2D eigenvalue weighted by atomic mass is 35.5. The van der Waals surface area contributed by atoms with Crippen LogP contribution < -0.4 is 0 Å². The average molecular weight is 378 g/mol. The lowest BCUT2D eigenvalue weighted by Crippen LogP contribution is -2.61. The Morgan fingerprint density at radius 3 is 2.58 bits per heavy atom. The number of benzene rings is 1. The Hall–Kier alpha value is -1.30. The molecule has 3 aliphatic heterocycles. The summed E-state index contributed by atoms with van der Waals surface area (Å²) in [6.07, 6.45) is 3.68. The van der Waals surface area contributed by atoms with Crippen molar-refractivity contribution >= 4 is 17.6 Å². The molecule has 3 aliphatic rings. The quantitative estimate of drug-likeness (QED) is 0.862. The van der Waals surface area contributed by atoms with Gasteiger partial charge in [-0.15, -0.1) is 0 Å². The molecule has 4 rings (SSSR count). The van der Waals surface area contributed by atoms with Gasteiger partial charge in [0.1, 0.15) is 0 Å². The lowest BCUT2D eigenvalue weighted by atomic mass is 9.75. The Balaban J connectivity index is 1.41. The normalized spacial score (nSPS) is 29.7. The lowest BCUT2D eigenvalue weighted by Gasteiger charge is -2.50. The summed E-state index contributed by atoms with van der Waals surface area (Å²) in [6, 6.07) is 8.11. The van der Waals surface area contributed by atoms with Gasteiger partial charge in [-0.05, 0) is 37.3 Å². The molecular formula is C20H28ClN3O2. The van der Waals surface area contributed by atoms with Gasteiger partial charge in [0.2, 0.25) is 0 Å². The summed E-state index contributed by atoms with van der Waals surface area (Å²) in [7, 11) is 0. The zero-order valence-corrected chi connectivity index (χ0v) is 16.0. The molecule has 1 aromatic rings. The molecule has 0 radical (unpaired) electrons. The van der Waals surface area contributed by atoms with Crippen molar-refractivity contribution in [1.29, 1.82) is 0 Å². The van der Waals surface area contributed by atoms with Gasteiger partial charge in [-0.25, -0.2) is 4.79 Å². The predicted molar refractivity (Wildman–Crippen MR) is 102 cm³/mol. The Morgan fingerprint density at radius 1 is 1.08 bits per heavy atom. The minimum atomic E-state index is -0.626. The molecule has 2 atom stereocenters. The van der Waals surface area contributed by atoms with Crippen LogP contribution in [0, 0.1) is 5.92 Å². The number of hydrogen-bond donors (Lipinski definition) is 1. The van der Waals surface area contributed by atoms with Crippen LogP contribution in [0.15, 0.2) is 24.3 Å². The number of piperidine rings is 2. The van der Waals surface area contributed by atoms with Crippen LogP contribution in [0.1, 0.15) is 31.2 Å². The van der Waals surface area contributed by atoms with Gasteiger partial charge in [-0.2, -0.15) is 0 Å². The number of hydrogen-bond acceptors (Lipinski definition) is 3. The molecule has 142 valence electrons. The van der Waals surface area contributed by atoms with E-state index >= 15 is 0 Å². The highest BCUT2D eigenvalue weighted by molar-refractivity contribution is 6.31. The van der Waals surface area contributed by atoms with Gasteiger partial charge in [-0.1, -0.05) is 29.8 Å². The van der Waals surface area contributed by atoms with Gasteiger partial charge < -0.3 is 14.9 Å². The molecule has 0 aromatic heterocycles. The Labute approximate surface area is 160 Å². The molecule has 3 heterocycles. The number of urea groups is 1. The van der Waals surface area contributed by atoms with Crippen molar-refractivity contribution in [1.82, 2.24) is 14.7 Å². The number of nitrogens with zero attached hydrogens (tertiary/aromatic N) is 3. The fourth-order valence-corrected chi connectivity index (χ4v) is 4.86. The fraction of sp³-hybridized carbons (Fsp3) is 0.650. The van der Waals surface area contributed by atoms with Crippen LogP contribution in [-0.2, 0) is 6.54 Å². The maximum atomic E-state index is 12.7. The summed E-state index contributed by atoms with van der Waals surface area (Å²) >= 11 is 6.31. The first kappa shape index (κ1) is 18.1. The molecule has 0 unspecified atom stereocenters. The predicted octanol–water partition coefficient (Wildman–Crippen LogP) is 2.81. The Bertz CT molecular complexity index is 664. The Kier molecular flexibility index (Phi) is 5.13. The average Bonchev–Trinajstić information content (AvgIpc) is 3.17. The van der Waals surface area contributed by atoms with E-state index in [-0.39, 0.29) is 11.9 Å². The Morgan fingerprint density at radius 2 is 1.81 bits per heavy atom. The minimum Gasteiger partial charge on any atom is -0.389 e. The largest absolute Gasteiger partial charge is 0.389 e. The molecule has 26 heavy (non-hydrogen) atoms. The summed E-state index contributed by atoms with van der Waals surface area (Å²) in [5.74, 6) is 0.110. The van der Waals surface area contributed by atoms with Crippen molar-refractivity contribution in [3.63, 3.8) is 0 Å². The van der Waals surface area contributed by atoms with Gasteiger partial charge in [0, 0.05) is 56.8 Å². The van der Waals surface area contributed by atoms with Crippen LogP contribution in [0.5, 0.6) is 0 Å². The van der Waals surface area contributed by atoms with Crippen LogP contribution in [0.3, 0.4) is 0 Å². The zero-order chi connectivity index (χ0) is 18.1. The molecular weight excluding hydrogens is 350 g/mol. The number of amides is 2. The first-order valence-corrected chi connectivity index (χ1v) is 10.1. The third kappa shape index (κ3) is 3.57. The van der Waals surface area contributed by atoms with E-state index in [1.54, 1.807) is 0 Å². The smallest absolute Gasteiger partial charge is 0.320 e. The number of carbonyl (C=O) groups is 1. The van der Waals surface area contributed by atoms with E-state index in [4.69, 9.17) is 11.6 Å². The molecule has 0 aliphatic carbocycles. The van der Waals surface area contributed by atoms with Crippen LogP contribution in [0.2, 0.25) is 5.02 Å². The summed E-state index contributed by atoms with van der Waals surface area (Å²) < 4.78 is 0. The third-order valence-corrected chi connectivity index (χ3v) is 6.72. The second kappa shape index (κ2) is 7.37. The summed E-state index contributed by atoms with van der Waals surface area (Å²) in [5, 5.41) is 11.9. The SMILES string of the molecule is O=C(N1CCCC1)N1CC[C@@]2(O)CCN(Cc3ccccc3Cl)C[C@H]2C1. The first-order chi connectivity index (χ1) is 12.5. The maximum Gasteiger partial charge on any atom is 0.320 e. The van der Waals surface area contributed by atoms with Crippen molar-refractivity contribution in [2.24, 2.45) is 5.92 Å². The van der Waals surface area contributed by atoms with E-state index in [9.17, 15) is 9.90 Å². The van der Waals surface area contributed by atoms with E-state index < -0.39 is 5.60 Å². The van der Waals surface area contributed by atoms with Gasteiger partial charge in [0.25, 0.3) is 0 Å². The van der Waals surface area contributed by atoms with Crippen molar-refractivity contribution in [2.75, 3.05) is 39.3 Å². The molecule has 0 saturated carbocycles. The van der Waals surface area contributed by atoms with Crippen LogP contribution >= 0.6 is 11.6 Å². The van der Waals surface area contributed by atoms with E-state index in [0.29, 0.717) is 19.5 Å². The van der Waals surface area contributed by atoms with Crippen molar-refractivity contribution in [2.45, 2.75) is 37.8 Å². The number of fused-ring (bicyclic) bond motifs is 1. The van der Waals surface area contributed by atoms with Crippen LogP contribution in [0.4, 0.5) is 4.79 Å². The van der Waals surface area contributed by atoms with Gasteiger partial charge in [0.05, 0.1) is 5.60 Å². The van der Waals surface area contributed by atoms with Gasteiger partial charge in [-0.3, -0.25) is 4.90 Å². The molecule has 3 saturated heterocycles. The van der Waals surface area contributed by atoms with E-state index in [0.717, 1.165) is 62.6 Å². The summed E-state index contributed by atoms with van der Waals surface area (Å²) in [6.45, 7) is 5.57. The van der Waals surface area contributed by atoms with Crippen molar-refractivity contribution in [3.8, 4) is 0 Å². The van der Waals surface area contributed by atoms with Gasteiger partial charge >= 0.3 is 6.03 Å². The molecule has 1 N–H and O–H groups in total. The highest BCUT2D eigenvalue weighted by Crippen LogP contribution is 2.36. The van der Waals surface area contributed by atoms with Crippen molar-refractivity contribution < 1.29 is 9.90 Å². The topological polar surface area (TPSA) is 47.0 Å². The first-order valence-electron chi connectivity index (χ1n) is 9.77. The van der Waals surface area contributed by atoms with Crippen LogP contribution in [0.25, 0.3) is 0 Å². The molecule has 5 nitrogen and oxygen atoms in total. The molecule has 2 amide bonds. The standard InChI is InChI=1S/C20H28ClN3O2/c21-18-6-2-1-5-16(18)13-22-11-7-20(26)8-12-24(15-17(20)14-22)19(25)23-9-3-4-10-23/h1-2,5-6,17,26H,3-4,7-15H2/t17-,20-/m0/s1. The number of rotatable bonds is 2. The zero-order valence-electron chi connectivity index (χ0n) is 15.2. The number of halogens is 1. The minimum absolute atomic E-state index is 0.110. The fourth-order valence-electron chi connectivity index (χ4n) is 4.66. The monoisotopic (exact) mass is 377 g/mol. The number of likely N-dealkylation sites (tertiary alicyclic amines) is 3. The molecule has 1 aromatic carbocycles. The molecule has 0 bridgehead atoms. The van der Waals surface area contributed by atoms with E-state index in [2.05, 4.69) is 11.0 Å².